The third-order valence-corrected chi connectivity index (χ3v) is 2.23. The van der Waals surface area contributed by atoms with Crippen LogP contribution in [0.3, 0.4) is 0 Å². The summed E-state index contributed by atoms with van der Waals surface area (Å²) in [5.74, 6) is 1.30. The lowest BCUT2D eigenvalue weighted by atomic mass is 10.1. The minimum atomic E-state index is -1.14. The van der Waals surface area contributed by atoms with Gasteiger partial charge in [0.1, 0.15) is 5.75 Å². The van der Waals surface area contributed by atoms with E-state index >= 15 is 0 Å². The number of rotatable bonds is 5. The van der Waals surface area contributed by atoms with Gasteiger partial charge in [-0.05, 0) is 18.2 Å². The summed E-state index contributed by atoms with van der Waals surface area (Å²) in [4.78, 5) is 22.5. The quantitative estimate of drug-likeness (QED) is 0.777. The molecule has 0 aliphatic carbocycles. The van der Waals surface area contributed by atoms with Gasteiger partial charge >= 0.3 is 5.97 Å². The number of anilines is 1. The number of amides is 1. The summed E-state index contributed by atoms with van der Waals surface area (Å²) >= 11 is 0. The molecule has 0 aliphatic rings. The SMILES string of the molecule is C#CCCC(=O)Nc1ccc(OC)cc1C(=O)O. The lowest BCUT2D eigenvalue weighted by Gasteiger charge is -2.09. The molecule has 0 bridgehead atoms. The normalized spacial score (nSPS) is 9.33. The van der Waals surface area contributed by atoms with Gasteiger partial charge in [0.25, 0.3) is 0 Å². The molecule has 0 spiro atoms. The lowest BCUT2D eigenvalue weighted by Crippen LogP contribution is -2.14. The van der Waals surface area contributed by atoms with E-state index in [-0.39, 0.29) is 23.6 Å². The maximum Gasteiger partial charge on any atom is 0.337 e. The Morgan fingerprint density at radius 3 is 2.78 bits per heavy atom. The molecule has 1 aromatic carbocycles. The number of methoxy groups -OCH3 is 1. The third-order valence-electron chi connectivity index (χ3n) is 2.23. The molecule has 0 aliphatic heterocycles. The average Bonchev–Trinajstić information content (AvgIpc) is 2.36. The smallest absolute Gasteiger partial charge is 0.337 e. The summed E-state index contributed by atoms with van der Waals surface area (Å²) in [6, 6.07) is 4.40. The van der Waals surface area contributed by atoms with Crippen molar-refractivity contribution < 1.29 is 19.4 Å². The molecule has 1 amide bonds. The Labute approximate surface area is 105 Å². The van der Waals surface area contributed by atoms with Crippen LogP contribution in [0.2, 0.25) is 0 Å². The van der Waals surface area contributed by atoms with Gasteiger partial charge in [0.15, 0.2) is 0 Å². The summed E-state index contributed by atoms with van der Waals surface area (Å²) in [5, 5.41) is 11.5. The number of carbonyl (C=O) groups is 2. The van der Waals surface area contributed by atoms with Gasteiger partial charge in [-0.25, -0.2) is 4.79 Å². The first-order valence-corrected chi connectivity index (χ1v) is 5.23. The van der Waals surface area contributed by atoms with Gasteiger partial charge in [-0.1, -0.05) is 0 Å². The molecule has 0 saturated carbocycles. The Morgan fingerprint density at radius 1 is 1.50 bits per heavy atom. The van der Waals surface area contributed by atoms with Crippen LogP contribution in [0.15, 0.2) is 18.2 Å². The molecule has 1 rings (SSSR count). The van der Waals surface area contributed by atoms with Crippen molar-refractivity contribution in [1.29, 1.82) is 0 Å². The maximum absolute atomic E-state index is 11.5. The molecule has 0 saturated heterocycles. The Morgan fingerprint density at radius 2 is 2.22 bits per heavy atom. The number of carbonyl (C=O) groups excluding carboxylic acids is 1. The van der Waals surface area contributed by atoms with E-state index in [2.05, 4.69) is 11.2 Å². The van der Waals surface area contributed by atoms with Gasteiger partial charge in [-0.2, -0.15) is 0 Å². The van der Waals surface area contributed by atoms with Crippen LogP contribution in [0, 0.1) is 12.3 Å². The van der Waals surface area contributed by atoms with Crippen molar-refractivity contribution in [3.05, 3.63) is 23.8 Å². The fraction of sp³-hybridized carbons (Fsp3) is 0.231. The van der Waals surface area contributed by atoms with Gasteiger partial charge in [0, 0.05) is 12.8 Å². The van der Waals surface area contributed by atoms with Crippen LogP contribution in [-0.4, -0.2) is 24.1 Å². The molecule has 0 aromatic heterocycles. The molecule has 0 atom stereocenters. The summed E-state index contributed by atoms with van der Waals surface area (Å²) in [6.07, 6.45) is 5.51. The van der Waals surface area contributed by atoms with Gasteiger partial charge in [-0.3, -0.25) is 4.79 Å². The van der Waals surface area contributed by atoms with Gasteiger partial charge < -0.3 is 15.2 Å². The Kier molecular flexibility index (Phi) is 4.76. The molecule has 5 heteroatoms. The first kappa shape index (κ1) is 13.6. The molecular weight excluding hydrogens is 234 g/mol. The molecule has 0 fully saturated rings. The Balaban J connectivity index is 2.91. The number of hydrogen-bond acceptors (Lipinski definition) is 3. The minimum absolute atomic E-state index is 0.0246. The minimum Gasteiger partial charge on any atom is -0.497 e. The topological polar surface area (TPSA) is 75.6 Å². The molecule has 1 aromatic rings. The molecule has 5 nitrogen and oxygen atoms in total. The molecule has 0 heterocycles. The molecular formula is C13H13NO4. The first-order chi connectivity index (χ1) is 8.58. The Hall–Kier alpha value is -2.48. The first-order valence-electron chi connectivity index (χ1n) is 5.23. The van der Waals surface area contributed by atoms with E-state index < -0.39 is 5.97 Å². The zero-order chi connectivity index (χ0) is 13.5. The van der Waals surface area contributed by atoms with Crippen molar-refractivity contribution in [2.45, 2.75) is 12.8 Å². The van der Waals surface area contributed by atoms with Crippen molar-refractivity contribution in [2.24, 2.45) is 0 Å². The van der Waals surface area contributed by atoms with E-state index in [9.17, 15) is 9.59 Å². The van der Waals surface area contributed by atoms with Crippen LogP contribution in [0.4, 0.5) is 5.69 Å². The number of aromatic carboxylic acids is 1. The second-order valence-electron chi connectivity index (χ2n) is 3.47. The average molecular weight is 247 g/mol. The van der Waals surface area contributed by atoms with E-state index in [1.807, 2.05) is 0 Å². The lowest BCUT2D eigenvalue weighted by molar-refractivity contribution is -0.116. The van der Waals surface area contributed by atoms with E-state index in [1.165, 1.54) is 19.2 Å². The van der Waals surface area contributed by atoms with Crippen molar-refractivity contribution in [2.75, 3.05) is 12.4 Å². The summed E-state index contributed by atoms with van der Waals surface area (Å²) in [5.41, 5.74) is 0.203. The van der Waals surface area contributed by atoms with Crippen LogP contribution in [0.1, 0.15) is 23.2 Å². The molecule has 2 N–H and O–H groups in total. The van der Waals surface area contributed by atoms with Crippen LogP contribution in [-0.2, 0) is 4.79 Å². The van der Waals surface area contributed by atoms with Crippen LogP contribution in [0.5, 0.6) is 5.75 Å². The van der Waals surface area contributed by atoms with E-state index in [4.69, 9.17) is 16.3 Å². The van der Waals surface area contributed by atoms with Gasteiger partial charge in [-0.15, -0.1) is 12.3 Å². The molecule has 94 valence electrons. The number of hydrogen-bond donors (Lipinski definition) is 2. The largest absolute Gasteiger partial charge is 0.497 e. The van der Waals surface area contributed by atoms with E-state index in [1.54, 1.807) is 6.07 Å². The molecule has 18 heavy (non-hydrogen) atoms. The van der Waals surface area contributed by atoms with E-state index in [0.29, 0.717) is 12.2 Å². The predicted molar refractivity (Wildman–Crippen MR) is 66.7 cm³/mol. The molecule has 0 unspecified atom stereocenters. The van der Waals surface area contributed by atoms with Crippen LogP contribution in [0.25, 0.3) is 0 Å². The second kappa shape index (κ2) is 6.30. The number of benzene rings is 1. The zero-order valence-corrected chi connectivity index (χ0v) is 9.90. The number of terminal acetylenes is 1. The number of carboxylic acids is 1. The monoisotopic (exact) mass is 247 g/mol. The molecule has 0 radical (unpaired) electrons. The highest BCUT2D eigenvalue weighted by Gasteiger charge is 2.13. The van der Waals surface area contributed by atoms with Crippen molar-refractivity contribution in [1.82, 2.24) is 0 Å². The van der Waals surface area contributed by atoms with E-state index in [0.717, 1.165) is 0 Å². The fourth-order valence-corrected chi connectivity index (χ4v) is 1.33. The van der Waals surface area contributed by atoms with Gasteiger partial charge in [0.2, 0.25) is 5.91 Å². The number of carboxylic acid groups (broad SMARTS) is 1. The third kappa shape index (κ3) is 3.52. The number of nitrogens with one attached hydrogen (secondary N) is 1. The van der Waals surface area contributed by atoms with Crippen LogP contribution < -0.4 is 10.1 Å². The highest BCUT2D eigenvalue weighted by molar-refractivity contribution is 6.00. The fourth-order valence-electron chi connectivity index (χ4n) is 1.33. The Bertz CT molecular complexity index is 502. The highest BCUT2D eigenvalue weighted by atomic mass is 16.5. The second-order valence-corrected chi connectivity index (χ2v) is 3.47. The van der Waals surface area contributed by atoms with Crippen molar-refractivity contribution in [3.8, 4) is 18.1 Å². The summed E-state index contributed by atoms with van der Waals surface area (Å²) in [7, 11) is 1.44. The van der Waals surface area contributed by atoms with Crippen LogP contribution >= 0.6 is 0 Å². The number of ether oxygens (including phenoxy) is 1. The summed E-state index contributed by atoms with van der Waals surface area (Å²) < 4.78 is 4.93. The zero-order valence-electron chi connectivity index (χ0n) is 9.90. The van der Waals surface area contributed by atoms with Gasteiger partial charge in [0.05, 0.1) is 18.4 Å². The maximum atomic E-state index is 11.5. The van der Waals surface area contributed by atoms with Crippen molar-refractivity contribution in [3.63, 3.8) is 0 Å². The predicted octanol–water partition coefficient (Wildman–Crippen LogP) is 1.75. The highest BCUT2D eigenvalue weighted by Crippen LogP contribution is 2.22. The van der Waals surface area contributed by atoms with Crippen molar-refractivity contribution >= 4 is 17.6 Å². The summed E-state index contributed by atoms with van der Waals surface area (Å²) in [6.45, 7) is 0. The standard InChI is InChI=1S/C13H13NO4/c1-3-4-5-12(15)14-11-7-6-9(18-2)8-10(11)13(16)17/h1,6-8H,4-5H2,2H3,(H,14,15)(H,16,17).